The molecule has 1 aromatic heterocycles. The molecule has 6 nitrogen and oxygen atoms in total. The van der Waals surface area contributed by atoms with Crippen LogP contribution < -0.4 is 5.32 Å². The Labute approximate surface area is 154 Å². The fourth-order valence-corrected chi connectivity index (χ4v) is 3.00. The molecule has 0 bridgehead atoms. The third kappa shape index (κ3) is 5.95. The number of hydrogen-bond acceptors (Lipinski definition) is 4. The van der Waals surface area contributed by atoms with Gasteiger partial charge in [-0.1, -0.05) is 0 Å². The second kappa shape index (κ2) is 8.73. The van der Waals surface area contributed by atoms with Crippen LogP contribution in [0.4, 0.5) is 18.9 Å². The van der Waals surface area contributed by atoms with E-state index in [0.29, 0.717) is 5.69 Å². The highest BCUT2D eigenvalue weighted by atomic mass is 19.4. The van der Waals surface area contributed by atoms with Gasteiger partial charge in [0.2, 0.25) is 5.91 Å². The molecule has 9 heteroatoms. The highest BCUT2D eigenvalue weighted by Crippen LogP contribution is 2.21. The number of fused-ring (bicyclic) bond motifs is 1. The van der Waals surface area contributed by atoms with Crippen LogP contribution in [0.25, 0.3) is 10.9 Å². The molecule has 0 saturated carbocycles. The zero-order chi connectivity index (χ0) is 19.3. The number of ether oxygens (including phenoxy) is 2. The fourth-order valence-electron chi connectivity index (χ4n) is 3.00. The SMILES string of the molecule is O=C(COCC(F)(F)F)Nc1ccc2c(ccn2CCN2CCOCC2)c1. The first-order valence-corrected chi connectivity index (χ1v) is 8.74. The quantitative estimate of drug-likeness (QED) is 0.796. The van der Waals surface area contributed by atoms with Crippen molar-refractivity contribution in [2.24, 2.45) is 0 Å². The van der Waals surface area contributed by atoms with E-state index in [0.717, 1.165) is 50.3 Å². The first kappa shape index (κ1) is 19.7. The van der Waals surface area contributed by atoms with Gasteiger partial charge in [-0.2, -0.15) is 13.2 Å². The first-order valence-electron chi connectivity index (χ1n) is 8.74. The van der Waals surface area contributed by atoms with Crippen LogP contribution in [0.3, 0.4) is 0 Å². The Morgan fingerprint density at radius 2 is 1.96 bits per heavy atom. The molecule has 0 aliphatic carbocycles. The van der Waals surface area contributed by atoms with Gasteiger partial charge in [0.05, 0.1) is 13.2 Å². The predicted molar refractivity (Wildman–Crippen MR) is 94.7 cm³/mol. The minimum atomic E-state index is -4.44. The number of benzene rings is 1. The number of amides is 1. The van der Waals surface area contributed by atoms with Crippen molar-refractivity contribution in [3.05, 3.63) is 30.5 Å². The maximum atomic E-state index is 12.0. The van der Waals surface area contributed by atoms with Gasteiger partial charge in [0, 0.05) is 49.0 Å². The molecule has 0 spiro atoms. The van der Waals surface area contributed by atoms with Crippen molar-refractivity contribution < 1.29 is 27.4 Å². The Morgan fingerprint density at radius 1 is 1.19 bits per heavy atom. The van der Waals surface area contributed by atoms with Gasteiger partial charge in [-0.05, 0) is 24.3 Å². The Bertz CT molecular complexity index is 770. The van der Waals surface area contributed by atoms with E-state index in [4.69, 9.17) is 4.74 Å². The van der Waals surface area contributed by atoms with Gasteiger partial charge in [-0.3, -0.25) is 9.69 Å². The largest absolute Gasteiger partial charge is 0.411 e. The molecule has 27 heavy (non-hydrogen) atoms. The van der Waals surface area contributed by atoms with Crippen LogP contribution in [0.5, 0.6) is 0 Å². The van der Waals surface area contributed by atoms with Gasteiger partial charge in [-0.25, -0.2) is 0 Å². The Morgan fingerprint density at radius 3 is 2.70 bits per heavy atom. The van der Waals surface area contributed by atoms with Crippen molar-refractivity contribution in [2.45, 2.75) is 12.7 Å². The summed E-state index contributed by atoms with van der Waals surface area (Å²) in [5.74, 6) is -0.620. The molecule has 2 aromatic rings. The molecule has 3 rings (SSSR count). The van der Waals surface area contributed by atoms with Crippen LogP contribution >= 0.6 is 0 Å². The minimum absolute atomic E-state index is 0.522. The van der Waals surface area contributed by atoms with Crippen LogP contribution in [0, 0.1) is 0 Å². The average molecular weight is 385 g/mol. The van der Waals surface area contributed by atoms with Crippen molar-refractivity contribution in [2.75, 3.05) is 51.4 Å². The minimum Gasteiger partial charge on any atom is -0.379 e. The lowest BCUT2D eigenvalue weighted by Crippen LogP contribution is -2.38. The molecule has 0 unspecified atom stereocenters. The summed E-state index contributed by atoms with van der Waals surface area (Å²) in [4.78, 5) is 14.0. The van der Waals surface area contributed by atoms with Crippen molar-refractivity contribution in [1.82, 2.24) is 9.47 Å². The third-order valence-electron chi connectivity index (χ3n) is 4.31. The van der Waals surface area contributed by atoms with E-state index >= 15 is 0 Å². The molecule has 1 fully saturated rings. The van der Waals surface area contributed by atoms with E-state index < -0.39 is 25.3 Å². The first-order chi connectivity index (χ1) is 12.9. The number of halogens is 3. The lowest BCUT2D eigenvalue weighted by Gasteiger charge is -2.26. The van der Waals surface area contributed by atoms with Crippen molar-refractivity contribution in [3.63, 3.8) is 0 Å². The van der Waals surface area contributed by atoms with E-state index in [1.54, 1.807) is 12.1 Å². The van der Waals surface area contributed by atoms with Gasteiger partial charge in [-0.15, -0.1) is 0 Å². The number of aromatic nitrogens is 1. The number of carbonyl (C=O) groups excluding carboxylic acids is 1. The lowest BCUT2D eigenvalue weighted by atomic mass is 10.2. The smallest absolute Gasteiger partial charge is 0.379 e. The summed E-state index contributed by atoms with van der Waals surface area (Å²) in [5.41, 5.74) is 1.56. The maximum absolute atomic E-state index is 12.0. The summed E-state index contributed by atoms with van der Waals surface area (Å²) >= 11 is 0. The number of alkyl halides is 3. The van der Waals surface area contributed by atoms with Crippen LogP contribution in [0.1, 0.15) is 0 Å². The molecule has 0 radical (unpaired) electrons. The number of nitrogens with one attached hydrogen (secondary N) is 1. The third-order valence-corrected chi connectivity index (χ3v) is 4.31. The van der Waals surface area contributed by atoms with E-state index in [9.17, 15) is 18.0 Å². The molecule has 1 aromatic carbocycles. The zero-order valence-electron chi connectivity index (χ0n) is 14.8. The molecular weight excluding hydrogens is 363 g/mol. The van der Waals surface area contributed by atoms with Crippen LogP contribution in [0.15, 0.2) is 30.5 Å². The van der Waals surface area contributed by atoms with Crippen molar-refractivity contribution in [3.8, 4) is 0 Å². The summed E-state index contributed by atoms with van der Waals surface area (Å²) in [6, 6.07) is 7.36. The summed E-state index contributed by atoms with van der Waals surface area (Å²) in [7, 11) is 0. The molecular formula is C18H22F3N3O3. The number of nitrogens with zero attached hydrogens (tertiary/aromatic N) is 2. The van der Waals surface area contributed by atoms with Gasteiger partial charge in [0.25, 0.3) is 0 Å². The molecule has 1 saturated heterocycles. The number of morpholine rings is 1. The number of carbonyl (C=O) groups is 1. The second-order valence-electron chi connectivity index (χ2n) is 6.39. The Hall–Kier alpha value is -2.10. The summed E-state index contributed by atoms with van der Waals surface area (Å²) in [6.07, 6.45) is -2.45. The molecule has 2 heterocycles. The van der Waals surface area contributed by atoms with Gasteiger partial charge in [0.15, 0.2) is 0 Å². The highest BCUT2D eigenvalue weighted by Gasteiger charge is 2.27. The zero-order valence-corrected chi connectivity index (χ0v) is 14.8. The fraction of sp³-hybridized carbons (Fsp3) is 0.500. The second-order valence-corrected chi connectivity index (χ2v) is 6.39. The Kier molecular flexibility index (Phi) is 6.35. The Balaban J connectivity index is 1.54. The summed E-state index contributed by atoms with van der Waals surface area (Å²) in [6.45, 7) is 3.11. The van der Waals surface area contributed by atoms with E-state index in [1.807, 2.05) is 18.3 Å². The predicted octanol–water partition coefficient (Wildman–Crippen LogP) is 2.49. The molecule has 0 atom stereocenters. The maximum Gasteiger partial charge on any atom is 0.411 e. The highest BCUT2D eigenvalue weighted by molar-refractivity contribution is 5.94. The van der Waals surface area contributed by atoms with Crippen molar-refractivity contribution >= 4 is 22.5 Å². The van der Waals surface area contributed by atoms with Gasteiger partial charge in [0.1, 0.15) is 13.2 Å². The van der Waals surface area contributed by atoms with E-state index in [1.165, 1.54) is 0 Å². The van der Waals surface area contributed by atoms with E-state index in [2.05, 4.69) is 19.5 Å². The standard InChI is InChI=1S/C18H22F3N3O3/c19-18(20,21)13-27-12-17(25)22-15-1-2-16-14(11-15)3-4-24(16)6-5-23-7-9-26-10-8-23/h1-4,11H,5-10,12-13H2,(H,22,25). The molecule has 1 N–H and O–H groups in total. The van der Waals surface area contributed by atoms with E-state index in [-0.39, 0.29) is 0 Å². The lowest BCUT2D eigenvalue weighted by molar-refractivity contribution is -0.174. The molecule has 148 valence electrons. The van der Waals surface area contributed by atoms with Gasteiger partial charge < -0.3 is 19.4 Å². The number of rotatable bonds is 7. The van der Waals surface area contributed by atoms with Gasteiger partial charge >= 0.3 is 6.18 Å². The number of hydrogen-bond donors (Lipinski definition) is 1. The van der Waals surface area contributed by atoms with Crippen LogP contribution in [-0.2, 0) is 20.8 Å². The number of anilines is 1. The molecule has 1 amide bonds. The monoisotopic (exact) mass is 385 g/mol. The topological polar surface area (TPSA) is 55.7 Å². The normalized spacial score (nSPS) is 16.0. The summed E-state index contributed by atoms with van der Waals surface area (Å²) in [5, 5.41) is 3.50. The van der Waals surface area contributed by atoms with Crippen molar-refractivity contribution in [1.29, 1.82) is 0 Å². The summed E-state index contributed by atoms with van der Waals surface area (Å²) < 4.78 is 47.9. The molecule has 1 aliphatic rings. The van der Waals surface area contributed by atoms with Crippen LogP contribution in [-0.4, -0.2) is 67.6 Å². The van der Waals surface area contributed by atoms with Crippen LogP contribution in [0.2, 0.25) is 0 Å². The molecule has 1 aliphatic heterocycles. The average Bonchev–Trinajstić information content (AvgIpc) is 3.02.